The molecule has 0 radical (unpaired) electrons. The molecule has 1 fully saturated rings. The van der Waals surface area contributed by atoms with E-state index in [9.17, 15) is 5.11 Å². The fraction of sp³-hybridized carbons (Fsp3) is 0.625. The zero-order valence-electron chi connectivity index (χ0n) is 18.8. The quantitative estimate of drug-likeness (QED) is 0.553. The van der Waals surface area contributed by atoms with Gasteiger partial charge >= 0.3 is 0 Å². The van der Waals surface area contributed by atoms with Gasteiger partial charge in [0.15, 0.2) is 0 Å². The van der Waals surface area contributed by atoms with Crippen LogP contribution < -0.4 is 10.1 Å². The molecule has 1 saturated carbocycles. The number of aromatic nitrogens is 2. The summed E-state index contributed by atoms with van der Waals surface area (Å²) in [6, 6.07) is 10.8. The van der Waals surface area contributed by atoms with E-state index in [0.29, 0.717) is 19.2 Å². The molecule has 2 N–H and O–H groups in total. The highest BCUT2D eigenvalue weighted by Crippen LogP contribution is 2.22. The van der Waals surface area contributed by atoms with Gasteiger partial charge in [0.2, 0.25) is 0 Å². The van der Waals surface area contributed by atoms with Gasteiger partial charge in [-0.2, -0.15) is 5.10 Å². The molecule has 1 atom stereocenters. The fourth-order valence-corrected chi connectivity index (χ4v) is 4.34. The van der Waals surface area contributed by atoms with Crippen molar-refractivity contribution < 1.29 is 9.84 Å². The van der Waals surface area contributed by atoms with Crippen molar-refractivity contribution in [3.8, 4) is 5.75 Å². The number of ether oxygens (including phenoxy) is 1. The number of benzene rings is 1. The molecule has 3 rings (SSSR count). The van der Waals surface area contributed by atoms with Gasteiger partial charge < -0.3 is 20.1 Å². The molecule has 0 aliphatic heterocycles. The molecule has 1 aromatic carbocycles. The molecule has 0 bridgehead atoms. The monoisotopic (exact) mass is 414 g/mol. The third-order valence-electron chi connectivity index (χ3n) is 6.02. The van der Waals surface area contributed by atoms with Crippen LogP contribution in [0.3, 0.4) is 0 Å². The first-order chi connectivity index (χ1) is 14.5. The van der Waals surface area contributed by atoms with Gasteiger partial charge in [0.25, 0.3) is 0 Å². The number of aliphatic hydroxyl groups excluding tert-OH is 1. The summed E-state index contributed by atoms with van der Waals surface area (Å²) in [5.74, 6) is 0.843. The van der Waals surface area contributed by atoms with E-state index in [4.69, 9.17) is 4.74 Å². The number of para-hydroxylation sites is 1. The Bertz CT molecular complexity index is 770. The van der Waals surface area contributed by atoms with Crippen molar-refractivity contribution in [1.82, 2.24) is 20.0 Å². The van der Waals surface area contributed by atoms with Crippen molar-refractivity contribution in [1.29, 1.82) is 0 Å². The second-order valence-corrected chi connectivity index (χ2v) is 8.63. The second-order valence-electron chi connectivity index (χ2n) is 8.63. The first-order valence-electron chi connectivity index (χ1n) is 11.3. The zero-order valence-corrected chi connectivity index (χ0v) is 18.8. The van der Waals surface area contributed by atoms with Crippen LogP contribution in [0, 0.1) is 13.8 Å². The molecule has 2 aromatic rings. The maximum Gasteiger partial charge on any atom is 0.123 e. The average Bonchev–Trinajstić information content (AvgIpc) is 3.07. The van der Waals surface area contributed by atoms with Crippen LogP contribution in [0.1, 0.15) is 49.1 Å². The van der Waals surface area contributed by atoms with Gasteiger partial charge in [0.05, 0.1) is 12.2 Å². The minimum atomic E-state index is -0.482. The van der Waals surface area contributed by atoms with Gasteiger partial charge in [-0.05, 0) is 45.9 Å². The number of hydrogen-bond donors (Lipinski definition) is 2. The van der Waals surface area contributed by atoms with Crippen molar-refractivity contribution >= 4 is 0 Å². The molecule has 0 spiro atoms. The van der Waals surface area contributed by atoms with Crippen molar-refractivity contribution in [2.24, 2.45) is 0 Å². The number of likely N-dealkylation sites (N-methyl/N-ethyl adjacent to an activating group) is 1. The Morgan fingerprint density at radius 1 is 1.23 bits per heavy atom. The highest BCUT2D eigenvalue weighted by atomic mass is 16.5. The third-order valence-corrected chi connectivity index (χ3v) is 6.02. The molecule has 0 unspecified atom stereocenters. The van der Waals surface area contributed by atoms with Gasteiger partial charge in [0, 0.05) is 36.9 Å². The molecular weight excluding hydrogens is 376 g/mol. The standard InChI is InChI=1S/C24H38N4O2/c1-19-15-20(2)28(26-19)14-13-25-16-21-9-7-8-12-24(21)30-18-23(29)17-27(3)22-10-5-4-6-11-22/h7-9,12,15,22-23,25,29H,4-6,10-11,13-14,16-18H2,1-3H3/t23-/m1/s1. The van der Waals surface area contributed by atoms with E-state index in [-0.39, 0.29) is 0 Å². The molecule has 1 aliphatic rings. The van der Waals surface area contributed by atoms with Crippen LogP contribution in [0.2, 0.25) is 0 Å². The van der Waals surface area contributed by atoms with Crippen molar-refractivity contribution in [3.05, 3.63) is 47.3 Å². The lowest BCUT2D eigenvalue weighted by Gasteiger charge is -2.32. The highest BCUT2D eigenvalue weighted by molar-refractivity contribution is 5.33. The maximum absolute atomic E-state index is 10.5. The molecule has 0 amide bonds. The Hall–Kier alpha value is -1.89. The summed E-state index contributed by atoms with van der Waals surface area (Å²) in [6.45, 7) is 7.49. The summed E-state index contributed by atoms with van der Waals surface area (Å²) in [5.41, 5.74) is 3.35. The largest absolute Gasteiger partial charge is 0.491 e. The van der Waals surface area contributed by atoms with E-state index in [1.54, 1.807) is 0 Å². The van der Waals surface area contributed by atoms with Gasteiger partial charge in [0.1, 0.15) is 18.5 Å². The van der Waals surface area contributed by atoms with Crippen LogP contribution >= 0.6 is 0 Å². The van der Waals surface area contributed by atoms with E-state index < -0.39 is 6.10 Å². The Morgan fingerprint density at radius 2 is 2.00 bits per heavy atom. The van der Waals surface area contributed by atoms with E-state index >= 15 is 0 Å². The topological polar surface area (TPSA) is 62.6 Å². The van der Waals surface area contributed by atoms with Crippen molar-refractivity contribution in [2.75, 3.05) is 26.7 Å². The Balaban J connectivity index is 1.42. The maximum atomic E-state index is 10.5. The van der Waals surface area contributed by atoms with Crippen LogP contribution in [-0.4, -0.2) is 58.7 Å². The molecular formula is C24H38N4O2. The van der Waals surface area contributed by atoms with Crippen molar-refractivity contribution in [2.45, 2.75) is 71.2 Å². The summed E-state index contributed by atoms with van der Waals surface area (Å²) in [6.07, 6.45) is 5.97. The van der Waals surface area contributed by atoms with Crippen LogP contribution in [0.5, 0.6) is 5.75 Å². The number of hydrogen-bond acceptors (Lipinski definition) is 5. The lowest BCUT2D eigenvalue weighted by Crippen LogP contribution is -2.40. The smallest absolute Gasteiger partial charge is 0.123 e. The summed E-state index contributed by atoms with van der Waals surface area (Å²) in [4.78, 5) is 2.31. The third kappa shape index (κ3) is 6.83. The summed E-state index contributed by atoms with van der Waals surface area (Å²) in [5, 5.41) is 18.5. The molecule has 166 valence electrons. The lowest BCUT2D eigenvalue weighted by molar-refractivity contribution is 0.0558. The lowest BCUT2D eigenvalue weighted by atomic mass is 9.94. The second kappa shape index (κ2) is 11.5. The molecule has 30 heavy (non-hydrogen) atoms. The summed E-state index contributed by atoms with van der Waals surface area (Å²) >= 11 is 0. The fourth-order valence-electron chi connectivity index (χ4n) is 4.34. The molecule has 0 saturated heterocycles. The van der Waals surface area contributed by atoms with E-state index in [2.05, 4.69) is 41.4 Å². The molecule has 6 nitrogen and oxygen atoms in total. The predicted octanol–water partition coefficient (Wildman–Crippen LogP) is 3.29. The zero-order chi connectivity index (χ0) is 21.3. The minimum Gasteiger partial charge on any atom is -0.491 e. The van der Waals surface area contributed by atoms with E-state index in [1.165, 1.54) is 37.8 Å². The molecule has 1 aliphatic carbocycles. The SMILES string of the molecule is Cc1cc(C)n(CCNCc2ccccc2OC[C@H](O)CN(C)C2CCCCC2)n1. The Labute approximate surface area is 181 Å². The predicted molar refractivity (Wildman–Crippen MR) is 121 cm³/mol. The minimum absolute atomic E-state index is 0.319. The number of nitrogens with one attached hydrogen (secondary N) is 1. The van der Waals surface area contributed by atoms with Crippen LogP contribution in [0.4, 0.5) is 0 Å². The highest BCUT2D eigenvalue weighted by Gasteiger charge is 2.20. The van der Waals surface area contributed by atoms with Crippen LogP contribution in [0.15, 0.2) is 30.3 Å². The van der Waals surface area contributed by atoms with E-state index in [1.807, 2.05) is 29.8 Å². The first kappa shape index (κ1) is 22.8. The van der Waals surface area contributed by atoms with Gasteiger partial charge in [-0.1, -0.05) is 37.5 Å². The average molecular weight is 415 g/mol. The van der Waals surface area contributed by atoms with Gasteiger partial charge in [-0.3, -0.25) is 4.68 Å². The number of aliphatic hydroxyl groups is 1. The Kier molecular flexibility index (Phi) is 8.73. The summed E-state index contributed by atoms with van der Waals surface area (Å²) in [7, 11) is 2.12. The number of rotatable bonds is 11. The Morgan fingerprint density at radius 3 is 2.73 bits per heavy atom. The van der Waals surface area contributed by atoms with Gasteiger partial charge in [-0.25, -0.2) is 0 Å². The molecule has 6 heteroatoms. The van der Waals surface area contributed by atoms with Gasteiger partial charge in [-0.15, -0.1) is 0 Å². The number of nitrogens with zero attached hydrogens (tertiary/aromatic N) is 3. The first-order valence-corrected chi connectivity index (χ1v) is 11.3. The summed E-state index contributed by atoms with van der Waals surface area (Å²) < 4.78 is 8.02. The van der Waals surface area contributed by atoms with Crippen molar-refractivity contribution in [3.63, 3.8) is 0 Å². The molecule has 1 aromatic heterocycles. The van der Waals surface area contributed by atoms with Crippen LogP contribution in [0.25, 0.3) is 0 Å². The van der Waals surface area contributed by atoms with E-state index in [0.717, 1.165) is 36.6 Å². The number of aryl methyl sites for hydroxylation is 2. The van der Waals surface area contributed by atoms with Crippen LogP contribution in [-0.2, 0) is 13.1 Å². The normalized spacial score (nSPS) is 16.2. The molecule has 1 heterocycles.